The molecule has 3 aliphatic rings. The van der Waals surface area contributed by atoms with E-state index in [-0.39, 0.29) is 17.6 Å². The van der Waals surface area contributed by atoms with Crippen molar-refractivity contribution in [2.75, 3.05) is 24.3 Å². The Kier molecular flexibility index (Phi) is 13.2. The van der Waals surface area contributed by atoms with Gasteiger partial charge in [0.05, 0.1) is 42.2 Å². The number of halogens is 6. The van der Waals surface area contributed by atoms with Crippen molar-refractivity contribution >= 4 is 17.7 Å². The van der Waals surface area contributed by atoms with Crippen LogP contribution in [-0.4, -0.2) is 29.5 Å². The van der Waals surface area contributed by atoms with Crippen LogP contribution in [0.4, 0.5) is 37.7 Å². The second-order valence-corrected chi connectivity index (χ2v) is 11.1. The smallest absolute Gasteiger partial charge is 0.433 e. The maximum absolute atomic E-state index is 13.0. The number of benzene rings is 2. The Morgan fingerprint density at radius 3 is 2.00 bits per heavy atom. The van der Waals surface area contributed by atoms with Crippen LogP contribution in [0.1, 0.15) is 70.8 Å². The number of hydrogen-bond acceptors (Lipinski definition) is 7. The number of hydrogen-bond donors (Lipinski definition) is 2. The Labute approximate surface area is 280 Å². The lowest BCUT2D eigenvalue weighted by molar-refractivity contribution is -0.142. The van der Waals surface area contributed by atoms with Gasteiger partial charge in [-0.15, -0.1) is 0 Å². The van der Waals surface area contributed by atoms with Crippen molar-refractivity contribution in [1.82, 2.24) is 9.97 Å². The number of ether oxygens (including phenoxy) is 2. The third kappa shape index (κ3) is 11.1. The minimum atomic E-state index is -4.45. The molecule has 3 N–H and O–H groups in total. The molecule has 7 nitrogen and oxygen atoms in total. The van der Waals surface area contributed by atoms with Gasteiger partial charge in [0.25, 0.3) is 0 Å². The molecule has 0 saturated carbocycles. The number of anilines is 2. The van der Waals surface area contributed by atoms with E-state index in [1.165, 1.54) is 18.9 Å². The first-order chi connectivity index (χ1) is 23.5. The lowest BCUT2D eigenvalue weighted by atomic mass is 9.79. The maximum atomic E-state index is 13.0. The lowest BCUT2D eigenvalue weighted by Gasteiger charge is -2.42. The molecule has 1 fully saturated rings. The van der Waals surface area contributed by atoms with E-state index in [1.807, 2.05) is 54.6 Å². The van der Waals surface area contributed by atoms with E-state index < -0.39 is 29.8 Å². The monoisotopic (exact) mass is 686 g/mol. The van der Waals surface area contributed by atoms with E-state index in [4.69, 9.17) is 15.2 Å². The third-order valence-electron chi connectivity index (χ3n) is 7.59. The highest BCUT2D eigenvalue weighted by molar-refractivity contribution is 5.74. The molecule has 49 heavy (non-hydrogen) atoms. The minimum Gasteiger partial charge on any atom is -0.502 e. The van der Waals surface area contributed by atoms with Crippen LogP contribution >= 0.6 is 0 Å². The highest BCUT2D eigenvalue weighted by Gasteiger charge is 2.42. The van der Waals surface area contributed by atoms with Gasteiger partial charge < -0.3 is 20.5 Å². The molecule has 13 heteroatoms. The number of alkyl halides is 6. The Morgan fingerprint density at radius 2 is 1.49 bits per heavy atom. The summed E-state index contributed by atoms with van der Waals surface area (Å²) >= 11 is 0. The predicted molar refractivity (Wildman–Crippen MR) is 173 cm³/mol. The van der Waals surface area contributed by atoms with Gasteiger partial charge in [-0.3, -0.25) is 4.79 Å². The van der Waals surface area contributed by atoms with Crippen LogP contribution in [0.25, 0.3) is 0 Å². The van der Waals surface area contributed by atoms with Gasteiger partial charge in [0.1, 0.15) is 23.8 Å². The molecule has 2 aromatic carbocycles. The molecule has 7 rings (SSSR count). The molecule has 0 amide bonds. The Bertz CT molecular complexity index is 1610. The number of nitrogens with one attached hydrogen (secondary N) is 1. The van der Waals surface area contributed by atoms with Gasteiger partial charge in [-0.2, -0.15) is 26.3 Å². The Balaban J connectivity index is 0.000000177. The average molecular weight is 687 g/mol. The van der Waals surface area contributed by atoms with Crippen molar-refractivity contribution in [1.29, 1.82) is 0 Å². The molecule has 4 aromatic rings. The molecule has 3 aliphatic heterocycles. The van der Waals surface area contributed by atoms with Crippen molar-refractivity contribution in [3.05, 3.63) is 132 Å². The number of aromatic nitrogens is 2. The number of carbonyl (C=O) groups excluding carboxylic acids is 1. The van der Waals surface area contributed by atoms with E-state index in [2.05, 4.69) is 15.3 Å². The maximum Gasteiger partial charge on any atom is 0.433 e. The number of nitrogen functional groups attached to an aromatic ring is 1. The molecule has 5 heterocycles. The zero-order valence-corrected chi connectivity index (χ0v) is 26.3. The quantitative estimate of drug-likeness (QED) is 0.160. The van der Waals surface area contributed by atoms with Gasteiger partial charge in [-0.25, -0.2) is 9.97 Å². The van der Waals surface area contributed by atoms with Gasteiger partial charge >= 0.3 is 12.4 Å². The summed E-state index contributed by atoms with van der Waals surface area (Å²) in [5.74, 6) is 0.0737. The van der Waals surface area contributed by atoms with Crippen molar-refractivity contribution in [3.63, 3.8) is 0 Å². The van der Waals surface area contributed by atoms with Crippen LogP contribution in [0, 0.1) is 5.92 Å². The number of allylic oxidation sites excluding steroid dienone is 1. The van der Waals surface area contributed by atoms with Gasteiger partial charge in [0.15, 0.2) is 0 Å². The first kappa shape index (κ1) is 36.9. The number of rotatable bonds is 2. The summed E-state index contributed by atoms with van der Waals surface area (Å²) in [7, 11) is 0. The van der Waals surface area contributed by atoms with Gasteiger partial charge in [0.2, 0.25) is 0 Å². The summed E-state index contributed by atoms with van der Waals surface area (Å²) in [5.41, 5.74) is 6.41. The normalized spacial score (nSPS) is 19.3. The van der Waals surface area contributed by atoms with E-state index in [0.29, 0.717) is 18.0 Å². The SMILES string of the molecule is C1=COCCC1.FC(F)(F)c1ccc2c(n1)[C@H]1OCCC[C@H]1[C@H](c1ccccc1)N2.Nc1ccc(C(F)(F)F)nc1.O=Cc1ccccc1. The van der Waals surface area contributed by atoms with Crippen molar-refractivity contribution < 1.29 is 40.6 Å². The van der Waals surface area contributed by atoms with Crippen molar-refractivity contribution in [2.45, 2.75) is 50.2 Å². The van der Waals surface area contributed by atoms with Crippen LogP contribution in [0.5, 0.6) is 0 Å². The Hall–Kier alpha value is -4.91. The zero-order chi connectivity index (χ0) is 35.3. The molecule has 0 bridgehead atoms. The Morgan fingerprint density at radius 1 is 0.816 bits per heavy atom. The summed E-state index contributed by atoms with van der Waals surface area (Å²) in [6.45, 7) is 1.47. The summed E-state index contributed by atoms with van der Waals surface area (Å²) in [6.07, 6.45) is 0.576. The summed E-state index contributed by atoms with van der Waals surface area (Å²) < 4.78 is 85.2. The highest BCUT2D eigenvalue weighted by atomic mass is 19.4. The van der Waals surface area contributed by atoms with Crippen LogP contribution in [-0.2, 0) is 21.8 Å². The number of fused-ring (bicyclic) bond motifs is 3. The van der Waals surface area contributed by atoms with Crippen LogP contribution in [0.2, 0.25) is 0 Å². The van der Waals surface area contributed by atoms with Crippen LogP contribution in [0.15, 0.2) is 103 Å². The minimum absolute atomic E-state index is 0.0162. The second kappa shape index (κ2) is 17.5. The molecule has 3 atom stereocenters. The number of nitrogens with two attached hydrogens (primary N) is 1. The number of carbonyl (C=O) groups is 1. The lowest BCUT2D eigenvalue weighted by Crippen LogP contribution is -2.37. The largest absolute Gasteiger partial charge is 0.502 e. The molecule has 1 saturated heterocycles. The van der Waals surface area contributed by atoms with Crippen LogP contribution in [0.3, 0.4) is 0 Å². The van der Waals surface area contributed by atoms with Crippen molar-refractivity contribution in [2.24, 2.45) is 5.92 Å². The zero-order valence-electron chi connectivity index (χ0n) is 26.3. The third-order valence-corrected chi connectivity index (χ3v) is 7.59. The number of aldehydes is 1. The summed E-state index contributed by atoms with van der Waals surface area (Å²) in [5, 5.41) is 3.38. The molecule has 0 aliphatic carbocycles. The summed E-state index contributed by atoms with van der Waals surface area (Å²) in [6, 6.07) is 23.6. The first-order valence-corrected chi connectivity index (χ1v) is 15.5. The number of nitrogens with zero attached hydrogens (tertiary/aromatic N) is 2. The standard InChI is InChI=1S/C18H17F3N2O.C7H6O.C6H5F3N2.C5H8O/c19-18(20,21)14-9-8-13-16(23-14)17-12(7-4-10-24-17)15(22-13)11-5-2-1-3-6-11;8-6-7-4-2-1-3-5-7;7-6(8,9)5-2-1-4(10)3-11-5;1-2-4-6-5-3-1/h1-3,5-6,8-9,12,15,17,22H,4,7,10H2;1-6H;1-3H,10H2;2,4H,1,3,5H2/t12-,15-,17-;;;/m0.../s1. The van der Waals surface area contributed by atoms with Gasteiger partial charge in [0, 0.05) is 18.1 Å². The van der Waals surface area contributed by atoms with E-state index in [1.54, 1.807) is 18.4 Å². The molecular formula is C36H36F6N4O3. The number of pyridine rings is 2. The first-order valence-electron chi connectivity index (χ1n) is 15.5. The fourth-order valence-corrected chi connectivity index (χ4v) is 5.26. The molecule has 260 valence electrons. The molecule has 0 radical (unpaired) electrons. The fraction of sp³-hybridized carbons (Fsp3) is 0.306. The molecule has 0 unspecified atom stereocenters. The van der Waals surface area contributed by atoms with E-state index in [9.17, 15) is 31.1 Å². The highest BCUT2D eigenvalue weighted by Crippen LogP contribution is 2.49. The molecule has 0 spiro atoms. The topological polar surface area (TPSA) is 99.4 Å². The summed E-state index contributed by atoms with van der Waals surface area (Å²) in [4.78, 5) is 17.0. The fourth-order valence-electron chi connectivity index (χ4n) is 5.26. The van der Waals surface area contributed by atoms with Gasteiger partial charge in [-0.1, -0.05) is 60.7 Å². The second-order valence-electron chi connectivity index (χ2n) is 11.1. The van der Waals surface area contributed by atoms with Crippen molar-refractivity contribution in [3.8, 4) is 0 Å². The molecule has 2 aromatic heterocycles. The van der Waals surface area contributed by atoms with E-state index >= 15 is 0 Å². The van der Waals surface area contributed by atoms with Gasteiger partial charge in [-0.05, 0) is 61.6 Å². The predicted octanol–water partition coefficient (Wildman–Crippen LogP) is 9.23. The van der Waals surface area contributed by atoms with Crippen LogP contribution < -0.4 is 11.1 Å². The average Bonchev–Trinajstić information content (AvgIpc) is 3.13. The molecular weight excluding hydrogens is 650 g/mol. The van der Waals surface area contributed by atoms with E-state index in [0.717, 1.165) is 61.3 Å².